The lowest BCUT2D eigenvalue weighted by atomic mass is 10.2. The molecule has 0 aliphatic heterocycles. The number of nitrogens with zero attached hydrogens (tertiary/aromatic N) is 2. The minimum Gasteiger partial charge on any atom is -0.340 e. The van der Waals surface area contributed by atoms with Gasteiger partial charge in [0.2, 0.25) is 0 Å². The Labute approximate surface area is 134 Å². The first kappa shape index (κ1) is 14.8. The van der Waals surface area contributed by atoms with Gasteiger partial charge in [-0.25, -0.2) is 14.8 Å². The Morgan fingerprint density at radius 1 is 1.09 bits per heavy atom. The summed E-state index contributed by atoms with van der Waals surface area (Å²) in [5, 5.41) is 5.50. The van der Waals surface area contributed by atoms with Crippen molar-refractivity contribution >= 4 is 11.8 Å². The number of pyridine rings is 1. The van der Waals surface area contributed by atoms with Gasteiger partial charge in [0.1, 0.15) is 11.6 Å². The lowest BCUT2D eigenvalue weighted by molar-refractivity contribution is 0.249. The van der Waals surface area contributed by atoms with E-state index in [4.69, 9.17) is 0 Å². The van der Waals surface area contributed by atoms with Crippen molar-refractivity contribution in [1.29, 1.82) is 0 Å². The molecule has 1 aromatic carbocycles. The highest BCUT2D eigenvalue weighted by Gasteiger charge is 2.13. The van der Waals surface area contributed by atoms with Crippen molar-refractivity contribution in [2.24, 2.45) is 0 Å². The molecule has 3 rings (SSSR count). The molecule has 0 unspecified atom stereocenters. The Balaban J connectivity index is 1.63. The third kappa shape index (κ3) is 3.74. The molecule has 0 aliphatic rings. The van der Waals surface area contributed by atoms with Crippen LogP contribution in [0.2, 0.25) is 0 Å². The standard InChI is InChI=1S/C17H17N5O/c1-12(20-17(23)22-15-9-5-6-10-18-15)16-19-11-14(21-16)13-7-3-2-4-8-13/h2-12H,1H3,(H,19,21)(H2,18,20,22,23)/t12-/m0/s1. The second-order valence-corrected chi connectivity index (χ2v) is 5.08. The van der Waals surface area contributed by atoms with Crippen molar-refractivity contribution in [1.82, 2.24) is 20.3 Å². The predicted octanol–water partition coefficient (Wildman–Crippen LogP) is 3.35. The van der Waals surface area contributed by atoms with Crippen LogP contribution in [0.3, 0.4) is 0 Å². The highest BCUT2D eigenvalue weighted by atomic mass is 16.2. The second kappa shape index (κ2) is 6.74. The maximum Gasteiger partial charge on any atom is 0.320 e. The highest BCUT2D eigenvalue weighted by molar-refractivity contribution is 5.88. The molecule has 0 saturated carbocycles. The molecule has 2 amide bonds. The minimum absolute atomic E-state index is 0.254. The van der Waals surface area contributed by atoms with E-state index in [1.165, 1.54) is 0 Å². The number of anilines is 1. The number of carbonyl (C=O) groups excluding carboxylic acids is 1. The van der Waals surface area contributed by atoms with Crippen LogP contribution in [-0.4, -0.2) is 21.0 Å². The van der Waals surface area contributed by atoms with E-state index in [1.807, 2.05) is 43.3 Å². The quantitative estimate of drug-likeness (QED) is 0.691. The summed E-state index contributed by atoms with van der Waals surface area (Å²) in [5.74, 6) is 1.20. The van der Waals surface area contributed by atoms with Gasteiger partial charge in [-0.2, -0.15) is 0 Å². The predicted molar refractivity (Wildman–Crippen MR) is 88.8 cm³/mol. The lowest BCUT2D eigenvalue weighted by Crippen LogP contribution is -2.31. The van der Waals surface area contributed by atoms with Gasteiger partial charge in [0.15, 0.2) is 0 Å². The van der Waals surface area contributed by atoms with E-state index in [9.17, 15) is 4.79 Å². The SMILES string of the molecule is C[C@H](NC(=O)Nc1ccccn1)c1ncc(-c2ccccc2)[nH]1. The summed E-state index contributed by atoms with van der Waals surface area (Å²) >= 11 is 0. The van der Waals surface area contributed by atoms with E-state index in [-0.39, 0.29) is 12.1 Å². The number of benzene rings is 1. The summed E-state index contributed by atoms with van der Waals surface area (Å²) in [5.41, 5.74) is 1.97. The van der Waals surface area contributed by atoms with Crippen LogP contribution in [0.15, 0.2) is 60.9 Å². The van der Waals surface area contributed by atoms with E-state index in [0.29, 0.717) is 11.6 Å². The molecular weight excluding hydrogens is 290 g/mol. The van der Waals surface area contributed by atoms with Crippen molar-refractivity contribution in [3.8, 4) is 11.3 Å². The van der Waals surface area contributed by atoms with Gasteiger partial charge in [0.25, 0.3) is 0 Å². The van der Waals surface area contributed by atoms with Crippen LogP contribution in [0.25, 0.3) is 11.3 Å². The maximum atomic E-state index is 12.0. The van der Waals surface area contributed by atoms with Crippen LogP contribution in [0.5, 0.6) is 0 Å². The molecule has 3 aromatic rings. The van der Waals surface area contributed by atoms with Crippen molar-refractivity contribution in [3.63, 3.8) is 0 Å². The number of rotatable bonds is 4. The van der Waals surface area contributed by atoms with Gasteiger partial charge in [-0.15, -0.1) is 0 Å². The average molecular weight is 307 g/mol. The minimum atomic E-state index is -0.325. The number of aromatic nitrogens is 3. The lowest BCUT2D eigenvalue weighted by Gasteiger charge is -2.12. The first-order valence-electron chi connectivity index (χ1n) is 7.31. The molecule has 23 heavy (non-hydrogen) atoms. The average Bonchev–Trinajstić information content (AvgIpc) is 3.06. The number of H-pyrrole nitrogens is 1. The molecule has 0 bridgehead atoms. The second-order valence-electron chi connectivity index (χ2n) is 5.08. The monoisotopic (exact) mass is 307 g/mol. The number of amides is 2. The van der Waals surface area contributed by atoms with Crippen LogP contribution in [0.4, 0.5) is 10.6 Å². The third-order valence-electron chi connectivity index (χ3n) is 3.34. The fourth-order valence-electron chi connectivity index (χ4n) is 2.18. The summed E-state index contributed by atoms with van der Waals surface area (Å²) in [7, 11) is 0. The van der Waals surface area contributed by atoms with Gasteiger partial charge in [-0.05, 0) is 24.6 Å². The summed E-state index contributed by atoms with van der Waals surface area (Å²) in [6.07, 6.45) is 3.39. The van der Waals surface area contributed by atoms with E-state index in [1.54, 1.807) is 24.5 Å². The van der Waals surface area contributed by atoms with Crippen molar-refractivity contribution < 1.29 is 4.79 Å². The Bertz CT molecular complexity index is 770. The zero-order chi connectivity index (χ0) is 16.1. The Hall–Kier alpha value is -3.15. The molecule has 1 atom stereocenters. The van der Waals surface area contributed by atoms with Gasteiger partial charge in [-0.1, -0.05) is 36.4 Å². The highest BCUT2D eigenvalue weighted by Crippen LogP contribution is 2.18. The normalized spacial score (nSPS) is 11.7. The molecule has 0 spiro atoms. The number of urea groups is 1. The van der Waals surface area contributed by atoms with E-state index >= 15 is 0 Å². The van der Waals surface area contributed by atoms with Gasteiger partial charge in [0, 0.05) is 6.20 Å². The third-order valence-corrected chi connectivity index (χ3v) is 3.34. The number of nitrogens with one attached hydrogen (secondary N) is 3. The van der Waals surface area contributed by atoms with Crippen molar-refractivity contribution in [2.45, 2.75) is 13.0 Å². The molecule has 3 N–H and O–H groups in total. The van der Waals surface area contributed by atoms with Crippen molar-refractivity contribution in [2.75, 3.05) is 5.32 Å². The van der Waals surface area contributed by atoms with Crippen LogP contribution in [0.1, 0.15) is 18.8 Å². The molecule has 116 valence electrons. The number of aromatic amines is 1. The Morgan fingerprint density at radius 3 is 2.61 bits per heavy atom. The number of hydrogen-bond acceptors (Lipinski definition) is 3. The Morgan fingerprint density at radius 2 is 1.87 bits per heavy atom. The van der Waals surface area contributed by atoms with E-state index in [0.717, 1.165) is 11.3 Å². The maximum absolute atomic E-state index is 12.0. The topological polar surface area (TPSA) is 82.7 Å². The van der Waals surface area contributed by atoms with E-state index in [2.05, 4.69) is 25.6 Å². The molecule has 0 radical (unpaired) electrons. The molecule has 0 saturated heterocycles. The molecule has 6 heteroatoms. The van der Waals surface area contributed by atoms with Crippen LogP contribution < -0.4 is 10.6 Å². The first-order chi connectivity index (χ1) is 11.2. The van der Waals surface area contributed by atoms with Gasteiger partial charge in [0.05, 0.1) is 17.9 Å². The molecule has 0 fully saturated rings. The van der Waals surface area contributed by atoms with Gasteiger partial charge < -0.3 is 10.3 Å². The van der Waals surface area contributed by atoms with Crippen molar-refractivity contribution in [3.05, 3.63) is 66.7 Å². The molecular formula is C17H17N5O. The number of imidazole rings is 1. The fourth-order valence-corrected chi connectivity index (χ4v) is 2.18. The number of carbonyl (C=O) groups is 1. The van der Waals surface area contributed by atoms with Gasteiger partial charge >= 0.3 is 6.03 Å². The van der Waals surface area contributed by atoms with Crippen LogP contribution in [0, 0.1) is 0 Å². The zero-order valence-electron chi connectivity index (χ0n) is 12.7. The first-order valence-corrected chi connectivity index (χ1v) is 7.31. The van der Waals surface area contributed by atoms with Crippen LogP contribution in [-0.2, 0) is 0 Å². The fraction of sp³-hybridized carbons (Fsp3) is 0.118. The van der Waals surface area contributed by atoms with Crippen LogP contribution >= 0.6 is 0 Å². The Kier molecular flexibility index (Phi) is 4.33. The van der Waals surface area contributed by atoms with Gasteiger partial charge in [-0.3, -0.25) is 5.32 Å². The molecule has 2 aromatic heterocycles. The number of hydrogen-bond donors (Lipinski definition) is 3. The molecule has 0 aliphatic carbocycles. The molecule has 6 nitrogen and oxygen atoms in total. The summed E-state index contributed by atoms with van der Waals surface area (Å²) in [6, 6.07) is 14.7. The van der Waals surface area contributed by atoms with E-state index < -0.39 is 0 Å². The largest absolute Gasteiger partial charge is 0.340 e. The summed E-state index contributed by atoms with van der Waals surface area (Å²) in [4.78, 5) is 23.6. The summed E-state index contributed by atoms with van der Waals surface area (Å²) in [6.45, 7) is 1.87. The molecule has 2 heterocycles. The summed E-state index contributed by atoms with van der Waals surface area (Å²) < 4.78 is 0. The smallest absolute Gasteiger partial charge is 0.320 e. The zero-order valence-corrected chi connectivity index (χ0v) is 12.7.